The fraction of sp³-hybridized carbons (Fsp3) is 0.636. The van der Waals surface area contributed by atoms with Gasteiger partial charge in [0.25, 0.3) is 0 Å². The summed E-state index contributed by atoms with van der Waals surface area (Å²) in [6.07, 6.45) is 0. The second kappa shape index (κ2) is 6.06. The SMILES string of the molecule is COc1cc(OC)nc(N2CCOCC2CCl)n1. The molecule has 0 saturated carbocycles. The Morgan fingerprint density at radius 2 is 2.06 bits per heavy atom. The molecular weight excluding hydrogens is 258 g/mol. The van der Waals surface area contributed by atoms with Crippen LogP contribution in [0.2, 0.25) is 0 Å². The van der Waals surface area contributed by atoms with E-state index in [0.29, 0.717) is 43.3 Å². The van der Waals surface area contributed by atoms with Crippen LogP contribution in [-0.2, 0) is 4.74 Å². The zero-order valence-electron chi connectivity index (χ0n) is 10.4. The van der Waals surface area contributed by atoms with Crippen LogP contribution in [-0.4, -0.2) is 55.9 Å². The van der Waals surface area contributed by atoms with Crippen molar-refractivity contribution in [3.63, 3.8) is 0 Å². The third-order valence-electron chi connectivity index (χ3n) is 2.75. The van der Waals surface area contributed by atoms with Crippen molar-refractivity contribution in [2.24, 2.45) is 0 Å². The molecule has 0 aliphatic carbocycles. The Kier molecular flexibility index (Phi) is 4.43. The van der Waals surface area contributed by atoms with Gasteiger partial charge in [-0.1, -0.05) is 0 Å². The number of aromatic nitrogens is 2. The molecule has 0 spiro atoms. The molecule has 100 valence electrons. The Morgan fingerprint density at radius 1 is 1.39 bits per heavy atom. The summed E-state index contributed by atoms with van der Waals surface area (Å²) in [4.78, 5) is 10.7. The summed E-state index contributed by atoms with van der Waals surface area (Å²) >= 11 is 5.93. The van der Waals surface area contributed by atoms with Gasteiger partial charge in [0.05, 0.1) is 39.5 Å². The maximum Gasteiger partial charge on any atom is 0.232 e. The molecule has 0 bridgehead atoms. The van der Waals surface area contributed by atoms with Gasteiger partial charge in [-0.3, -0.25) is 0 Å². The lowest BCUT2D eigenvalue weighted by Crippen LogP contribution is -2.47. The zero-order chi connectivity index (χ0) is 13.0. The molecular formula is C11H16ClN3O3. The van der Waals surface area contributed by atoms with Gasteiger partial charge in [0.2, 0.25) is 17.7 Å². The smallest absolute Gasteiger partial charge is 0.232 e. The number of ether oxygens (including phenoxy) is 3. The van der Waals surface area contributed by atoms with Gasteiger partial charge in [0.15, 0.2) is 0 Å². The number of anilines is 1. The topological polar surface area (TPSA) is 56.7 Å². The van der Waals surface area contributed by atoms with Gasteiger partial charge >= 0.3 is 0 Å². The van der Waals surface area contributed by atoms with E-state index in [4.69, 9.17) is 25.8 Å². The van der Waals surface area contributed by atoms with E-state index in [0.717, 1.165) is 0 Å². The van der Waals surface area contributed by atoms with E-state index < -0.39 is 0 Å². The Balaban J connectivity index is 2.29. The maximum absolute atomic E-state index is 5.93. The quantitative estimate of drug-likeness (QED) is 0.761. The van der Waals surface area contributed by atoms with Crippen molar-refractivity contribution in [1.29, 1.82) is 0 Å². The average molecular weight is 274 g/mol. The Hall–Kier alpha value is -1.27. The summed E-state index contributed by atoms with van der Waals surface area (Å²) in [5.41, 5.74) is 0. The van der Waals surface area contributed by atoms with Crippen molar-refractivity contribution in [2.75, 3.05) is 44.8 Å². The monoisotopic (exact) mass is 273 g/mol. The highest BCUT2D eigenvalue weighted by Crippen LogP contribution is 2.23. The summed E-state index contributed by atoms with van der Waals surface area (Å²) < 4.78 is 15.7. The summed E-state index contributed by atoms with van der Waals surface area (Å²) in [5.74, 6) is 1.96. The van der Waals surface area contributed by atoms with Gasteiger partial charge in [0, 0.05) is 12.4 Å². The minimum Gasteiger partial charge on any atom is -0.481 e. The van der Waals surface area contributed by atoms with Crippen LogP contribution in [0.5, 0.6) is 11.8 Å². The van der Waals surface area contributed by atoms with Crippen LogP contribution in [0.1, 0.15) is 0 Å². The van der Waals surface area contributed by atoms with Gasteiger partial charge in [-0.05, 0) is 0 Å². The summed E-state index contributed by atoms with van der Waals surface area (Å²) in [6.45, 7) is 1.91. The molecule has 18 heavy (non-hydrogen) atoms. The van der Waals surface area contributed by atoms with Gasteiger partial charge < -0.3 is 19.1 Å². The van der Waals surface area contributed by atoms with E-state index in [1.807, 2.05) is 4.90 Å². The van der Waals surface area contributed by atoms with Crippen molar-refractivity contribution in [2.45, 2.75) is 6.04 Å². The van der Waals surface area contributed by atoms with Crippen LogP contribution < -0.4 is 14.4 Å². The van der Waals surface area contributed by atoms with E-state index in [1.165, 1.54) is 0 Å². The third kappa shape index (κ3) is 2.76. The standard InChI is InChI=1S/C11H16ClN3O3/c1-16-9-5-10(17-2)14-11(13-9)15-3-4-18-7-8(15)6-12/h5,8H,3-4,6-7H2,1-2H3. The molecule has 2 rings (SSSR count). The van der Waals surface area contributed by atoms with E-state index >= 15 is 0 Å². The predicted octanol–water partition coefficient (Wildman–Crippen LogP) is 0.938. The first kappa shape index (κ1) is 13.2. The maximum atomic E-state index is 5.93. The van der Waals surface area contributed by atoms with Gasteiger partial charge in [-0.25, -0.2) is 0 Å². The Bertz CT molecular complexity index is 383. The molecule has 6 nitrogen and oxygen atoms in total. The molecule has 1 aromatic rings. The number of halogens is 1. The number of nitrogens with zero attached hydrogens (tertiary/aromatic N) is 3. The first-order valence-corrected chi connectivity index (χ1v) is 6.19. The molecule has 2 heterocycles. The number of hydrogen-bond donors (Lipinski definition) is 0. The first-order valence-electron chi connectivity index (χ1n) is 5.66. The van der Waals surface area contributed by atoms with Crippen molar-refractivity contribution < 1.29 is 14.2 Å². The van der Waals surface area contributed by atoms with E-state index in [2.05, 4.69) is 9.97 Å². The molecule has 1 aromatic heterocycles. The van der Waals surface area contributed by atoms with Crippen LogP contribution in [0.15, 0.2) is 6.07 Å². The van der Waals surface area contributed by atoms with Crippen molar-refractivity contribution in [1.82, 2.24) is 9.97 Å². The second-order valence-electron chi connectivity index (χ2n) is 3.83. The number of hydrogen-bond acceptors (Lipinski definition) is 6. The lowest BCUT2D eigenvalue weighted by molar-refractivity contribution is 0.0988. The van der Waals surface area contributed by atoms with Crippen LogP contribution in [0.3, 0.4) is 0 Å². The normalized spacial score (nSPS) is 19.7. The Labute approximate surface area is 111 Å². The second-order valence-corrected chi connectivity index (χ2v) is 4.14. The molecule has 1 fully saturated rings. The molecule has 0 amide bonds. The van der Waals surface area contributed by atoms with Crippen LogP contribution >= 0.6 is 11.6 Å². The van der Waals surface area contributed by atoms with Crippen LogP contribution in [0.4, 0.5) is 5.95 Å². The largest absolute Gasteiger partial charge is 0.481 e. The molecule has 7 heteroatoms. The third-order valence-corrected chi connectivity index (χ3v) is 3.10. The highest BCUT2D eigenvalue weighted by atomic mass is 35.5. The molecule has 1 atom stereocenters. The van der Waals surface area contributed by atoms with E-state index in [9.17, 15) is 0 Å². The van der Waals surface area contributed by atoms with E-state index in [1.54, 1.807) is 20.3 Å². The highest BCUT2D eigenvalue weighted by Gasteiger charge is 2.25. The average Bonchev–Trinajstić information content (AvgIpc) is 2.46. The summed E-state index contributed by atoms with van der Waals surface area (Å²) in [5, 5.41) is 0. The fourth-order valence-electron chi connectivity index (χ4n) is 1.78. The van der Waals surface area contributed by atoms with Crippen molar-refractivity contribution >= 4 is 17.5 Å². The molecule has 0 aromatic carbocycles. The fourth-order valence-corrected chi connectivity index (χ4v) is 2.03. The first-order chi connectivity index (χ1) is 8.78. The molecule has 1 saturated heterocycles. The van der Waals surface area contributed by atoms with Gasteiger partial charge in [-0.15, -0.1) is 11.6 Å². The number of morpholine rings is 1. The molecule has 0 radical (unpaired) electrons. The van der Waals surface area contributed by atoms with Crippen molar-refractivity contribution in [3.05, 3.63) is 6.07 Å². The minimum absolute atomic E-state index is 0.0669. The summed E-state index contributed by atoms with van der Waals surface area (Å²) in [7, 11) is 3.12. The minimum atomic E-state index is 0.0669. The number of methoxy groups -OCH3 is 2. The van der Waals surface area contributed by atoms with E-state index in [-0.39, 0.29) is 6.04 Å². The number of rotatable bonds is 4. The molecule has 1 unspecified atom stereocenters. The van der Waals surface area contributed by atoms with Crippen molar-refractivity contribution in [3.8, 4) is 11.8 Å². The summed E-state index contributed by atoms with van der Waals surface area (Å²) in [6, 6.07) is 1.71. The molecule has 1 aliphatic rings. The van der Waals surface area contributed by atoms with Gasteiger partial charge in [-0.2, -0.15) is 9.97 Å². The zero-order valence-corrected chi connectivity index (χ0v) is 11.2. The lowest BCUT2D eigenvalue weighted by Gasteiger charge is -2.34. The highest BCUT2D eigenvalue weighted by molar-refractivity contribution is 6.18. The van der Waals surface area contributed by atoms with Crippen LogP contribution in [0, 0.1) is 0 Å². The van der Waals surface area contributed by atoms with Crippen LogP contribution in [0.25, 0.3) is 0 Å². The number of alkyl halides is 1. The van der Waals surface area contributed by atoms with Gasteiger partial charge in [0.1, 0.15) is 0 Å². The lowest BCUT2D eigenvalue weighted by atomic mass is 10.3. The predicted molar refractivity (Wildman–Crippen MR) is 67.8 cm³/mol. The molecule has 0 N–H and O–H groups in total. The molecule has 1 aliphatic heterocycles. The Morgan fingerprint density at radius 3 is 2.61 bits per heavy atom.